The van der Waals surface area contributed by atoms with Gasteiger partial charge in [-0.2, -0.15) is 0 Å². The van der Waals surface area contributed by atoms with Gasteiger partial charge >= 0.3 is 0 Å². The van der Waals surface area contributed by atoms with Crippen LogP contribution in [0, 0.1) is 29.6 Å². The first-order valence-corrected chi connectivity index (χ1v) is 22.6. The van der Waals surface area contributed by atoms with Gasteiger partial charge in [0.1, 0.15) is 23.4 Å². The molecule has 0 fully saturated rings. The zero-order valence-electron chi connectivity index (χ0n) is 32.7. The number of hydrogen-bond donors (Lipinski definition) is 0. The monoisotopic (exact) mass is 862 g/mol. The van der Waals surface area contributed by atoms with Crippen molar-refractivity contribution in [2.75, 3.05) is 0 Å². The fraction of sp³-hybridized carbons (Fsp3) is 0.365. The minimum Gasteiger partial charge on any atom is -0.489 e. The number of furan rings is 1. The molecule has 0 spiro atoms. The van der Waals surface area contributed by atoms with Gasteiger partial charge < -0.3 is 9.15 Å². The maximum absolute atomic E-state index is 7.21. The summed E-state index contributed by atoms with van der Waals surface area (Å²) in [5.41, 5.74) is 13.1. The first kappa shape index (κ1) is 35.8. The van der Waals surface area contributed by atoms with Gasteiger partial charge in [0.05, 0.1) is 40.0 Å². The number of rotatable bonds is 6. The predicted octanol–water partition coefficient (Wildman–Crippen LogP) is 11.3. The van der Waals surface area contributed by atoms with Gasteiger partial charge in [-0.3, -0.25) is 8.11 Å². The van der Waals surface area contributed by atoms with Gasteiger partial charge in [0, 0.05) is 34.6 Å². The van der Waals surface area contributed by atoms with E-state index in [0.717, 1.165) is 93.9 Å². The van der Waals surface area contributed by atoms with Crippen LogP contribution in [0.4, 0.5) is 0 Å². The van der Waals surface area contributed by atoms with E-state index in [1.807, 2.05) is 0 Å². The molecule has 1 aromatic rings. The Hall–Kier alpha value is -4.36. The lowest BCUT2D eigenvalue weighted by Crippen LogP contribution is -2.41. The fourth-order valence-electron chi connectivity index (χ4n) is 11.0. The molecule has 7 atom stereocenters. The molecular weight excluding hydrogens is 811 g/mol. The lowest BCUT2D eigenvalue weighted by atomic mass is 9.73. The number of fused-ring (bicyclic) bond motifs is 5. The zero-order valence-corrected chi connectivity index (χ0v) is 34.8. The van der Waals surface area contributed by atoms with Crippen molar-refractivity contribution in [3.63, 3.8) is 0 Å². The highest BCUT2D eigenvalue weighted by molar-refractivity contribution is 14.1. The van der Waals surface area contributed by atoms with Crippen molar-refractivity contribution >= 4 is 46.3 Å². The summed E-state index contributed by atoms with van der Waals surface area (Å²) in [5, 5.41) is 1.32. The van der Waals surface area contributed by atoms with Crippen LogP contribution < -0.4 is 10.6 Å². The lowest BCUT2D eigenvalue weighted by molar-refractivity contribution is 0.163. The fourth-order valence-corrected chi connectivity index (χ4v) is 12.0. The van der Waals surface area contributed by atoms with E-state index in [2.05, 4.69) is 147 Å². The number of hydrogen-bond acceptors (Lipinski definition) is 4. The van der Waals surface area contributed by atoms with Crippen LogP contribution in [0.5, 0.6) is 0 Å². The molecule has 0 bridgehead atoms. The molecule has 3 heterocycles. The van der Waals surface area contributed by atoms with Crippen LogP contribution in [-0.2, 0) is 11.2 Å². The van der Waals surface area contributed by atoms with Crippen LogP contribution in [0.3, 0.4) is 0 Å². The first-order valence-electron chi connectivity index (χ1n) is 21.7. The second-order valence-corrected chi connectivity index (χ2v) is 18.4. The highest BCUT2D eigenvalue weighted by atomic mass is 127. The smallest absolute Gasteiger partial charge is 0.141 e. The van der Waals surface area contributed by atoms with E-state index in [4.69, 9.17) is 14.1 Å². The van der Waals surface area contributed by atoms with Crippen molar-refractivity contribution in [2.24, 2.45) is 34.6 Å². The van der Waals surface area contributed by atoms with Crippen LogP contribution in [-0.4, -0.2) is 21.1 Å². The number of aliphatic imine (C=N–C) groups is 1. The van der Waals surface area contributed by atoms with Crippen LogP contribution in [0.1, 0.15) is 82.0 Å². The molecule has 0 saturated carbocycles. The van der Waals surface area contributed by atoms with Gasteiger partial charge in [-0.15, -0.1) is 0 Å². The van der Waals surface area contributed by atoms with Crippen LogP contribution in [0.2, 0.25) is 0 Å². The SMILES string of the molecule is IN1C(C2=CC=CCC2)=CC(C2=CCCC=C2)=NC1C1C=CC=C(C2=c3oc4c(c3=CC3C5=C(CCC(C6=CCCC=C6)C5)OC23)CC([C@@H]2C=CC=CC2)C=C4)C1. The minimum absolute atomic E-state index is 0.0332. The van der Waals surface area contributed by atoms with Gasteiger partial charge in [0.25, 0.3) is 0 Å². The van der Waals surface area contributed by atoms with Crippen molar-refractivity contribution in [3.05, 3.63) is 171 Å². The molecule has 4 nitrogen and oxygen atoms in total. The second kappa shape index (κ2) is 15.1. The number of allylic oxidation sites excluding steroid dienone is 21. The molecule has 1 aromatic heterocycles. The molecule has 11 rings (SSSR count). The van der Waals surface area contributed by atoms with Gasteiger partial charge in [0.2, 0.25) is 0 Å². The maximum atomic E-state index is 7.21. The van der Waals surface area contributed by atoms with Gasteiger partial charge in [0.15, 0.2) is 0 Å². The third kappa shape index (κ3) is 6.53. The quantitative estimate of drug-likeness (QED) is 0.211. The standard InChI is InChI=1S/C52H51IN2O2/c53-55-46(36-20-11-4-12-21-36)32-45(35-18-9-3-10-19-35)54-52(55)40-23-13-22-39(28-40)49-50-43(41-29-37(24-26-47(41)56-50)33-14-5-1-6-15-33)31-44-42-30-38(34-16-7-2-8-17-34)25-27-48(42)57-51(44)49/h1,4-7,9,11,13-14,16-20,22-24,26,31-33,37-38,40,44,51-52H,2-3,8,10,12,15,21,25,27-30H2/t33-,37?,38?,40?,44?,51?,52?/m1/s1. The summed E-state index contributed by atoms with van der Waals surface area (Å²) in [6, 6.07) is 0. The molecule has 6 unspecified atom stereocenters. The van der Waals surface area contributed by atoms with Crippen molar-refractivity contribution < 1.29 is 9.15 Å². The minimum atomic E-state index is -0.0670. The summed E-state index contributed by atoms with van der Waals surface area (Å²) in [7, 11) is 0. The topological polar surface area (TPSA) is 38.0 Å². The van der Waals surface area contributed by atoms with Crippen molar-refractivity contribution in [1.82, 2.24) is 3.11 Å². The summed E-state index contributed by atoms with van der Waals surface area (Å²) in [4.78, 5) is 5.57. The van der Waals surface area contributed by atoms with Gasteiger partial charge in [-0.25, -0.2) is 0 Å². The molecule has 0 N–H and O–H groups in total. The maximum Gasteiger partial charge on any atom is 0.141 e. The Morgan fingerprint density at radius 2 is 1.65 bits per heavy atom. The third-order valence-electron chi connectivity index (χ3n) is 14.0. The van der Waals surface area contributed by atoms with E-state index in [1.165, 1.54) is 55.7 Å². The van der Waals surface area contributed by atoms with Gasteiger partial charge in [-0.1, -0.05) is 109 Å². The first-order chi connectivity index (χ1) is 28.2. The zero-order chi connectivity index (χ0) is 37.9. The molecule has 10 aliphatic rings. The summed E-state index contributed by atoms with van der Waals surface area (Å²) in [5.74, 6) is 4.24. The van der Waals surface area contributed by atoms with E-state index in [1.54, 1.807) is 0 Å². The molecule has 0 aromatic carbocycles. The van der Waals surface area contributed by atoms with Crippen LogP contribution >= 0.6 is 22.9 Å². The highest BCUT2D eigenvalue weighted by Crippen LogP contribution is 2.50. The molecule has 57 heavy (non-hydrogen) atoms. The third-order valence-corrected chi connectivity index (χ3v) is 15.1. The van der Waals surface area contributed by atoms with E-state index < -0.39 is 0 Å². The average Bonchev–Trinajstić information content (AvgIpc) is 3.84. The number of halogens is 1. The van der Waals surface area contributed by atoms with E-state index in [9.17, 15) is 0 Å². The number of ether oxygens (including phenoxy) is 1. The summed E-state index contributed by atoms with van der Waals surface area (Å²) >= 11 is 2.55. The Balaban J connectivity index is 0.975. The molecule has 0 saturated heterocycles. The Morgan fingerprint density at radius 1 is 0.754 bits per heavy atom. The Kier molecular flexibility index (Phi) is 9.48. The van der Waals surface area contributed by atoms with Crippen molar-refractivity contribution in [1.29, 1.82) is 0 Å². The second-order valence-electron chi connectivity index (χ2n) is 17.4. The van der Waals surface area contributed by atoms with Crippen LogP contribution in [0.25, 0.3) is 17.7 Å². The Labute approximate surface area is 351 Å². The largest absolute Gasteiger partial charge is 0.489 e. The highest BCUT2D eigenvalue weighted by Gasteiger charge is 2.45. The predicted molar refractivity (Wildman–Crippen MR) is 241 cm³/mol. The van der Waals surface area contributed by atoms with Crippen LogP contribution in [0.15, 0.2) is 158 Å². The van der Waals surface area contributed by atoms with E-state index in [0.29, 0.717) is 17.8 Å². The lowest BCUT2D eigenvalue weighted by Gasteiger charge is -2.38. The van der Waals surface area contributed by atoms with Crippen molar-refractivity contribution in [2.45, 2.75) is 89.3 Å². The summed E-state index contributed by atoms with van der Waals surface area (Å²) in [6.07, 6.45) is 59.6. The number of nitrogens with zero attached hydrogens (tertiary/aromatic N) is 2. The molecule has 288 valence electrons. The molecule has 2 aliphatic heterocycles. The average molecular weight is 863 g/mol. The van der Waals surface area contributed by atoms with Crippen molar-refractivity contribution in [3.8, 4) is 0 Å². The Bertz CT molecular complexity index is 2460. The van der Waals surface area contributed by atoms with E-state index in [-0.39, 0.29) is 24.1 Å². The summed E-state index contributed by atoms with van der Waals surface area (Å²) in [6.45, 7) is 0. The normalized spacial score (nSPS) is 32.3. The molecule has 5 heteroatoms. The van der Waals surface area contributed by atoms with Gasteiger partial charge in [-0.05, 0) is 128 Å². The molecule has 0 amide bonds. The molecule has 0 radical (unpaired) electrons. The molecule has 8 aliphatic carbocycles. The summed E-state index contributed by atoms with van der Waals surface area (Å²) < 4.78 is 16.7. The Morgan fingerprint density at radius 3 is 2.47 bits per heavy atom. The molecular formula is C52H51IN2O2. The van der Waals surface area contributed by atoms with E-state index >= 15 is 0 Å².